The first-order valence-electron chi connectivity index (χ1n) is 31.3. The summed E-state index contributed by atoms with van der Waals surface area (Å²) in [6.45, 7) is 14.2. The Morgan fingerprint density at radius 1 is 0.615 bits per heavy atom. The van der Waals surface area contributed by atoms with E-state index in [0.717, 1.165) is 11.8 Å². The quantitative estimate of drug-likeness (QED) is 0.0497. The van der Waals surface area contributed by atoms with Crippen LogP contribution in [0.3, 0.4) is 0 Å². The summed E-state index contributed by atoms with van der Waals surface area (Å²) in [5.41, 5.74) is 2.96. The molecular weight excluding hydrogens is 1240 g/mol. The summed E-state index contributed by atoms with van der Waals surface area (Å²) in [4.78, 5) is 85.1. The number of esters is 1. The minimum absolute atomic E-state index is 0. The minimum Gasteiger partial charge on any atom is -1.00 e. The fourth-order valence-electron chi connectivity index (χ4n) is 13.7. The number of fused-ring (bicyclic) bond motifs is 8. The maximum atomic E-state index is 15.1. The van der Waals surface area contributed by atoms with Crippen LogP contribution in [0.25, 0.3) is 23.2 Å². The van der Waals surface area contributed by atoms with Crippen molar-refractivity contribution in [1.29, 1.82) is 0 Å². The Labute approximate surface area is 565 Å². The molecule has 6 aliphatic heterocycles. The van der Waals surface area contributed by atoms with Gasteiger partial charge < -0.3 is 69.9 Å². The number of aromatic nitrogens is 4. The molecule has 10 atom stereocenters. The van der Waals surface area contributed by atoms with Crippen LogP contribution in [-0.2, 0) is 54.2 Å². The summed E-state index contributed by atoms with van der Waals surface area (Å²) in [5, 5.41) is 43.7. The molecule has 6 aliphatic rings. The molecular formula is C69H71BF2LiN8O15. The fourth-order valence-corrected chi connectivity index (χ4v) is 13.7. The number of hydrogen-bond acceptors (Lipinski definition) is 21. The van der Waals surface area contributed by atoms with Crippen LogP contribution in [0.2, 0.25) is 0 Å². The zero-order chi connectivity index (χ0) is 66.6. The SMILES string of the molecule is CC(C)[C@H](O)C(=O)CC1Cc2ccc3c(c2)[C@@]2(c4cc(F)ccc4N[C@@H]2O3)c2oc(nc2-c2nc(CO)co2)[C@H](C(C)C)NC1=O.COC(=O)c1coc(-c2nc3oc2[C@@]24c5cc(F)ccc5N[C@@H]2Oc2ccc(cc24)CC(CC(=O)[C@@H](O)C(C)C)C(=O)N[C@H]3C(C)C)n1.[B].[H-].[Li+]. The number of hydrogen-bond donors (Lipinski definition) is 7. The van der Waals surface area contributed by atoms with E-state index in [0.29, 0.717) is 50.7 Å². The molecule has 2 amide bonds. The number of carbonyl (C=O) groups excluding carboxylic acids is 5. The predicted molar refractivity (Wildman–Crippen MR) is 336 cm³/mol. The summed E-state index contributed by atoms with van der Waals surface area (Å²) in [5.74, 6) is -4.28. The van der Waals surface area contributed by atoms with Gasteiger partial charge in [-0.2, -0.15) is 0 Å². The number of halogens is 2. The van der Waals surface area contributed by atoms with Crippen molar-refractivity contribution in [1.82, 2.24) is 30.6 Å². The van der Waals surface area contributed by atoms with Crippen LogP contribution >= 0.6 is 0 Å². The number of methoxy groups -OCH3 is 1. The molecule has 495 valence electrons. The van der Waals surface area contributed by atoms with Gasteiger partial charge in [0.15, 0.2) is 52.6 Å². The number of carbonyl (C=O) groups is 5. The minimum atomic E-state index is -1.33. The van der Waals surface area contributed by atoms with Crippen LogP contribution in [-0.4, -0.2) is 105 Å². The van der Waals surface area contributed by atoms with E-state index in [1.165, 1.54) is 37.6 Å². The third kappa shape index (κ3) is 11.5. The predicted octanol–water partition coefficient (Wildman–Crippen LogP) is 5.83. The third-order valence-corrected chi connectivity index (χ3v) is 18.6. The Hall–Kier alpha value is -8.93. The topological polar surface area (TPSA) is 326 Å². The number of Topliss-reactive ketones (excluding diaryl/α,β-unsaturated/α-hetero) is 2. The molecule has 96 heavy (non-hydrogen) atoms. The van der Waals surface area contributed by atoms with Gasteiger partial charge >= 0.3 is 24.8 Å². The van der Waals surface area contributed by atoms with Crippen molar-refractivity contribution < 1.29 is 100 Å². The molecule has 0 saturated carbocycles. The molecule has 0 saturated heterocycles. The maximum Gasteiger partial charge on any atom is 1.00 e. The van der Waals surface area contributed by atoms with E-state index in [2.05, 4.69) is 31.2 Å². The van der Waals surface area contributed by atoms with Gasteiger partial charge in [0.1, 0.15) is 76.5 Å². The Bertz CT molecular complexity index is 4370. The van der Waals surface area contributed by atoms with Crippen molar-refractivity contribution in [3.05, 3.63) is 165 Å². The van der Waals surface area contributed by atoms with Gasteiger partial charge in [-0.05, 0) is 96.2 Å². The summed E-state index contributed by atoms with van der Waals surface area (Å²) >= 11 is 0. The number of nitrogens with one attached hydrogen (secondary N) is 4. The molecule has 27 heteroatoms. The van der Waals surface area contributed by atoms with Crippen molar-refractivity contribution in [2.75, 3.05) is 17.7 Å². The maximum absolute atomic E-state index is 15.1. The number of aliphatic hydroxyl groups is 3. The van der Waals surface area contributed by atoms with E-state index >= 15 is 8.78 Å². The van der Waals surface area contributed by atoms with E-state index in [9.17, 15) is 39.3 Å². The molecule has 8 bridgehead atoms. The molecule has 4 aromatic heterocycles. The van der Waals surface area contributed by atoms with Gasteiger partial charge in [0.05, 0.1) is 13.7 Å². The number of amides is 2. The first-order chi connectivity index (χ1) is 44.9. The standard InChI is InChI=1S/C35H35FN4O8.C34H35FN4O7.B.Li.H/c1-15(2)26-32-40-27(31-37-23(14-46-31)33(44)45-5)29(48-32)35-20-13-19(36)7-8-22(20)38-34(35)47-25-9-6-17(11-21(25)35)10-18(30(43)39-26)12-24(41)28(42)16(3)4;1-15(2)26-32-39-27(31-36-20(13-40)14-44-31)29(46-32)34-21-12-19(35)6-7-23(21)37-33(34)45-25-8-5-17(10-22(25)34)9-18(30(43)38-26)11-24(41)28(42)16(3)4;;;/h6-9,11,13-16,18,26,28,34,38,42H,10,12H2,1-5H3,(H,39,43);5-8,10,12,14-16,18,26,28,33,37,40,42H,9,11,13H2,1-4H3,(H,38,43);;;/q;;;+1;-1/t18?,26-,28-,34+,35-;18?,26-,28-,33+,34-;;;/m00.../s1. The molecule has 10 heterocycles. The Balaban J connectivity index is 0.000000204. The summed E-state index contributed by atoms with van der Waals surface area (Å²) < 4.78 is 72.9. The number of rotatable bonds is 14. The number of benzene rings is 4. The van der Waals surface area contributed by atoms with Gasteiger partial charge in [0.2, 0.25) is 35.4 Å². The largest absolute Gasteiger partial charge is 1.00 e. The van der Waals surface area contributed by atoms with Crippen molar-refractivity contribution in [3.8, 4) is 34.7 Å². The first-order valence-corrected chi connectivity index (χ1v) is 31.3. The second kappa shape index (κ2) is 26.2. The molecule has 7 N–H and O–H groups in total. The van der Waals surface area contributed by atoms with Crippen molar-refractivity contribution >= 4 is 49.1 Å². The van der Waals surface area contributed by atoms with Gasteiger partial charge in [0.25, 0.3) is 0 Å². The number of nitrogens with zero attached hydrogens (tertiary/aromatic N) is 4. The Morgan fingerprint density at radius 2 is 1.05 bits per heavy atom. The van der Waals surface area contributed by atoms with Gasteiger partial charge in [-0.1, -0.05) is 79.7 Å². The molecule has 0 fully saturated rings. The molecule has 3 radical (unpaired) electrons. The average molecular weight is 1310 g/mol. The normalized spacial score (nSPS) is 22.8. The average Bonchev–Trinajstić information content (AvgIpc) is 1.54. The van der Waals surface area contributed by atoms with E-state index in [4.69, 9.17) is 41.8 Å². The third-order valence-electron chi connectivity index (χ3n) is 18.6. The fraction of sp³-hybridized carbons (Fsp3) is 0.406. The Morgan fingerprint density at radius 3 is 1.46 bits per heavy atom. The number of oxazole rings is 4. The number of ketones is 2. The molecule has 4 aromatic carbocycles. The van der Waals surface area contributed by atoms with Crippen LogP contribution in [0, 0.1) is 47.1 Å². The molecule has 2 spiro atoms. The second-order valence-corrected chi connectivity index (χ2v) is 26.2. The summed E-state index contributed by atoms with van der Waals surface area (Å²) in [7, 11) is 1.22. The zero-order valence-electron chi connectivity index (χ0n) is 55.4. The molecule has 0 aliphatic carbocycles. The van der Waals surface area contributed by atoms with Crippen LogP contribution in [0.1, 0.15) is 155 Å². The van der Waals surface area contributed by atoms with Gasteiger partial charge in [0, 0.05) is 66.7 Å². The molecule has 14 rings (SSSR count). The van der Waals surface area contributed by atoms with Crippen molar-refractivity contribution in [2.24, 2.45) is 35.5 Å². The number of aliphatic hydroxyl groups excluding tert-OH is 3. The molecule has 23 nitrogen and oxygen atoms in total. The van der Waals surface area contributed by atoms with Gasteiger partial charge in [-0.15, -0.1) is 0 Å². The summed E-state index contributed by atoms with van der Waals surface area (Å²) in [6.07, 6.45) is -1.53. The van der Waals surface area contributed by atoms with E-state index in [1.54, 1.807) is 52.0 Å². The van der Waals surface area contributed by atoms with Crippen LogP contribution in [0.4, 0.5) is 20.2 Å². The second-order valence-electron chi connectivity index (χ2n) is 26.2. The molecule has 8 aromatic rings. The zero-order valence-corrected chi connectivity index (χ0v) is 54.4. The van der Waals surface area contributed by atoms with Crippen LogP contribution < -0.4 is 49.6 Å². The van der Waals surface area contributed by atoms with E-state index in [1.807, 2.05) is 52.0 Å². The van der Waals surface area contributed by atoms with Crippen LogP contribution in [0.5, 0.6) is 11.5 Å². The van der Waals surface area contributed by atoms with Crippen molar-refractivity contribution in [3.63, 3.8) is 0 Å². The van der Waals surface area contributed by atoms with Gasteiger partial charge in [-0.3, -0.25) is 19.2 Å². The van der Waals surface area contributed by atoms with Gasteiger partial charge in [-0.25, -0.2) is 33.5 Å². The first kappa shape index (κ1) is 68.5. The van der Waals surface area contributed by atoms with Crippen molar-refractivity contribution in [2.45, 2.75) is 135 Å². The van der Waals surface area contributed by atoms with E-state index < -0.39 is 94.5 Å². The number of ether oxygens (including phenoxy) is 3. The molecule has 2 unspecified atom stereocenters. The summed E-state index contributed by atoms with van der Waals surface area (Å²) in [6, 6.07) is 18.3. The number of anilines is 2. The smallest absolute Gasteiger partial charge is 1.00 e. The van der Waals surface area contributed by atoms with Crippen LogP contribution in [0.15, 0.2) is 103 Å². The van der Waals surface area contributed by atoms with E-state index in [-0.39, 0.29) is 148 Å². The monoisotopic (exact) mass is 1310 g/mol. The Kier molecular flexibility index (Phi) is 18.7.